The zero-order valence-electron chi connectivity index (χ0n) is 33.8. The molecule has 0 aromatic heterocycles. The molecule has 0 spiro atoms. The van der Waals surface area contributed by atoms with Gasteiger partial charge in [0.1, 0.15) is 54.0 Å². The summed E-state index contributed by atoms with van der Waals surface area (Å²) in [5.74, 6) is -5.94. The Morgan fingerprint density at radius 1 is 0.814 bits per heavy atom. The van der Waals surface area contributed by atoms with Crippen LogP contribution in [0.1, 0.15) is 77.3 Å². The fourth-order valence-corrected chi connectivity index (χ4v) is 8.54. The maximum atomic E-state index is 14.7. The first kappa shape index (κ1) is 43.0. The Morgan fingerprint density at radius 3 is 2.17 bits per heavy atom. The third kappa shape index (κ3) is 9.99. The Labute approximate surface area is 341 Å². The second kappa shape index (κ2) is 18.5. The molecule has 0 aliphatic carbocycles. The third-order valence-corrected chi connectivity index (χ3v) is 11.6. The SMILES string of the molecule is CCc1ccc(NC(=O)NC(Cc2cc(F)cc(F)c2)C(=O)NC2C(=O)N3CCCC3C(=O)N3CCCCC3C(=O)NC(C)C(=O)N3CC(C)CC3C(=O)OC2C)cc1. The molecule has 6 rings (SSSR count). The van der Waals surface area contributed by atoms with Crippen LogP contribution in [-0.4, -0.2) is 118 Å². The van der Waals surface area contributed by atoms with Gasteiger partial charge < -0.3 is 40.7 Å². The first-order valence-corrected chi connectivity index (χ1v) is 20.5. The van der Waals surface area contributed by atoms with E-state index < -0.39 is 102 Å². The highest BCUT2D eigenvalue weighted by Gasteiger charge is 2.47. The van der Waals surface area contributed by atoms with Gasteiger partial charge in [-0.05, 0) is 100 Å². The number of fused-ring (bicyclic) bond motifs is 3. The minimum absolute atomic E-state index is 0.0266. The molecule has 2 aromatic carbocycles. The standard InChI is InChI=1S/C42H53F2N7O8/c1-5-26-11-13-30(14-12-26)46-42(58)47-31(20-27-18-28(43)21-29(44)19-27)36(52)48-35-25(4)59-41(57)34-17-23(2)22-51(34)38(54)24(3)45-37(53)32-9-6-7-15-49(32)39(55)33-10-8-16-50(33)40(35)56/h11-14,18-19,21,23-25,31-35H,5-10,15-17,20,22H2,1-4H3,(H,45,53)(H,48,52)(H2,46,47,58). The van der Waals surface area contributed by atoms with Crippen LogP contribution in [0.4, 0.5) is 19.3 Å². The normalized spacial score (nSPS) is 27.3. The number of urea groups is 1. The Bertz CT molecular complexity index is 1930. The monoisotopic (exact) mass is 821 g/mol. The topological polar surface area (TPSA) is 187 Å². The lowest BCUT2D eigenvalue weighted by molar-refractivity contribution is -0.163. The van der Waals surface area contributed by atoms with Gasteiger partial charge in [0.05, 0.1) is 0 Å². The number of nitrogens with zero attached hydrogens (tertiary/aromatic N) is 3. The zero-order valence-corrected chi connectivity index (χ0v) is 33.8. The highest BCUT2D eigenvalue weighted by atomic mass is 19.1. The smallest absolute Gasteiger partial charge is 0.329 e. The van der Waals surface area contributed by atoms with Gasteiger partial charge in [-0.3, -0.25) is 24.0 Å². The molecule has 15 nitrogen and oxygen atoms in total. The molecule has 2 aromatic rings. The van der Waals surface area contributed by atoms with Crippen LogP contribution in [0.2, 0.25) is 0 Å². The van der Waals surface area contributed by atoms with E-state index in [9.17, 15) is 42.3 Å². The van der Waals surface area contributed by atoms with E-state index in [-0.39, 0.29) is 44.0 Å². The molecular formula is C42H53F2N7O8. The number of anilines is 1. The van der Waals surface area contributed by atoms with E-state index in [4.69, 9.17) is 4.74 Å². The number of cyclic esters (lactones) is 1. The minimum Gasteiger partial charge on any atom is -0.458 e. The zero-order chi connectivity index (χ0) is 42.5. The van der Waals surface area contributed by atoms with E-state index >= 15 is 0 Å². The summed E-state index contributed by atoms with van der Waals surface area (Å²) >= 11 is 0. The van der Waals surface area contributed by atoms with Crippen molar-refractivity contribution in [3.63, 3.8) is 0 Å². The number of rotatable bonds is 7. The van der Waals surface area contributed by atoms with Gasteiger partial charge in [-0.15, -0.1) is 0 Å². The second-order valence-electron chi connectivity index (χ2n) is 16.1. The second-order valence-corrected chi connectivity index (χ2v) is 16.1. The molecule has 59 heavy (non-hydrogen) atoms. The average molecular weight is 822 g/mol. The first-order valence-electron chi connectivity index (χ1n) is 20.5. The summed E-state index contributed by atoms with van der Waals surface area (Å²) in [6, 6.07) is 1.75. The minimum atomic E-state index is -1.62. The molecule has 7 amide bonds. The molecule has 4 aliphatic heterocycles. The number of halogens is 2. The molecule has 4 heterocycles. The van der Waals surface area contributed by atoms with Gasteiger partial charge in [0.15, 0.2) is 0 Å². The number of esters is 1. The quantitative estimate of drug-likeness (QED) is 0.307. The van der Waals surface area contributed by atoms with Crippen LogP contribution >= 0.6 is 0 Å². The van der Waals surface area contributed by atoms with Gasteiger partial charge in [0, 0.05) is 37.8 Å². The lowest BCUT2D eigenvalue weighted by atomic mass is 9.99. The predicted molar refractivity (Wildman–Crippen MR) is 210 cm³/mol. The maximum Gasteiger partial charge on any atom is 0.329 e. The Morgan fingerprint density at radius 2 is 1.47 bits per heavy atom. The lowest BCUT2D eigenvalue weighted by Gasteiger charge is -2.39. The molecule has 318 valence electrons. The van der Waals surface area contributed by atoms with Crippen LogP contribution < -0.4 is 21.3 Å². The number of aryl methyl sites for hydroxylation is 1. The van der Waals surface area contributed by atoms with Gasteiger partial charge >= 0.3 is 12.0 Å². The summed E-state index contributed by atoms with van der Waals surface area (Å²) in [4.78, 5) is 102. The molecule has 17 heteroatoms. The molecule has 4 aliphatic rings. The Hall–Kier alpha value is -5.61. The molecule has 4 fully saturated rings. The van der Waals surface area contributed by atoms with Crippen molar-refractivity contribution in [1.29, 1.82) is 0 Å². The van der Waals surface area contributed by atoms with Crippen molar-refractivity contribution < 1.29 is 47.1 Å². The maximum absolute atomic E-state index is 14.7. The molecule has 8 unspecified atom stereocenters. The van der Waals surface area contributed by atoms with Gasteiger partial charge in [-0.2, -0.15) is 0 Å². The summed E-state index contributed by atoms with van der Waals surface area (Å²) in [7, 11) is 0. The van der Waals surface area contributed by atoms with Gasteiger partial charge in [-0.25, -0.2) is 18.4 Å². The highest BCUT2D eigenvalue weighted by Crippen LogP contribution is 2.29. The molecule has 0 bridgehead atoms. The number of carbonyl (C=O) groups excluding carboxylic acids is 7. The van der Waals surface area contributed by atoms with Gasteiger partial charge in [-0.1, -0.05) is 26.0 Å². The number of amides is 7. The fourth-order valence-electron chi connectivity index (χ4n) is 8.54. The van der Waals surface area contributed by atoms with E-state index in [1.165, 1.54) is 28.5 Å². The van der Waals surface area contributed by atoms with Crippen molar-refractivity contribution in [3.05, 3.63) is 65.2 Å². The van der Waals surface area contributed by atoms with Crippen LogP contribution in [0.15, 0.2) is 42.5 Å². The van der Waals surface area contributed by atoms with Crippen LogP contribution in [0.3, 0.4) is 0 Å². The molecule has 8 atom stereocenters. The van der Waals surface area contributed by atoms with Crippen LogP contribution in [0.25, 0.3) is 0 Å². The molecule has 0 saturated carbocycles. The van der Waals surface area contributed by atoms with Gasteiger partial charge in [0.25, 0.3) is 0 Å². The molecule has 4 saturated heterocycles. The van der Waals surface area contributed by atoms with Crippen molar-refractivity contribution >= 4 is 47.2 Å². The largest absolute Gasteiger partial charge is 0.458 e. The average Bonchev–Trinajstić information content (AvgIpc) is 3.85. The lowest BCUT2D eigenvalue weighted by Crippen LogP contribution is -2.63. The number of ether oxygens (including phenoxy) is 1. The van der Waals surface area contributed by atoms with E-state index in [1.807, 2.05) is 26.0 Å². The number of benzene rings is 2. The summed E-state index contributed by atoms with van der Waals surface area (Å²) in [5, 5.41) is 10.6. The highest BCUT2D eigenvalue weighted by molar-refractivity contribution is 5.98. The molecule has 4 N–H and O–H groups in total. The van der Waals surface area contributed by atoms with Crippen molar-refractivity contribution in [1.82, 2.24) is 30.7 Å². The van der Waals surface area contributed by atoms with Gasteiger partial charge in [0.2, 0.25) is 29.5 Å². The predicted octanol–water partition coefficient (Wildman–Crippen LogP) is 2.80. The van der Waals surface area contributed by atoms with Crippen molar-refractivity contribution in [2.45, 2.75) is 121 Å². The molecule has 0 radical (unpaired) electrons. The summed E-state index contributed by atoms with van der Waals surface area (Å²) in [5.41, 5.74) is 1.46. The Balaban J connectivity index is 1.33. The molecular weight excluding hydrogens is 768 g/mol. The summed E-state index contributed by atoms with van der Waals surface area (Å²) < 4.78 is 34.6. The van der Waals surface area contributed by atoms with Crippen LogP contribution in [-0.2, 0) is 46.3 Å². The first-order chi connectivity index (χ1) is 28.1. The van der Waals surface area contributed by atoms with Crippen molar-refractivity contribution in [3.8, 4) is 0 Å². The number of carbonyl (C=O) groups is 7. The fraction of sp³-hybridized carbons (Fsp3) is 0.548. The number of piperidine rings is 1. The Kier molecular flexibility index (Phi) is 13.5. The number of nitrogens with one attached hydrogen (secondary N) is 4. The van der Waals surface area contributed by atoms with Crippen LogP contribution in [0.5, 0.6) is 0 Å². The van der Waals surface area contributed by atoms with E-state index in [1.54, 1.807) is 12.1 Å². The number of hydrogen-bond donors (Lipinski definition) is 4. The van der Waals surface area contributed by atoms with E-state index in [0.717, 1.165) is 24.1 Å². The summed E-state index contributed by atoms with van der Waals surface area (Å²) in [6.07, 6.45) is 1.58. The van der Waals surface area contributed by atoms with E-state index in [0.29, 0.717) is 37.4 Å². The van der Waals surface area contributed by atoms with Crippen LogP contribution in [0, 0.1) is 17.6 Å². The summed E-state index contributed by atoms with van der Waals surface area (Å²) in [6.45, 7) is 7.36. The van der Waals surface area contributed by atoms with Crippen molar-refractivity contribution in [2.75, 3.05) is 25.0 Å². The third-order valence-electron chi connectivity index (χ3n) is 11.6. The van der Waals surface area contributed by atoms with Crippen molar-refractivity contribution in [2.24, 2.45) is 5.92 Å². The van der Waals surface area contributed by atoms with E-state index in [2.05, 4.69) is 21.3 Å². The number of hydrogen-bond acceptors (Lipinski definition) is 8.